The Morgan fingerprint density at radius 3 is 2.40 bits per heavy atom. The van der Waals surface area contributed by atoms with Crippen molar-refractivity contribution in [3.63, 3.8) is 0 Å². The van der Waals surface area contributed by atoms with Crippen LogP contribution in [0.3, 0.4) is 0 Å². The zero-order valence-electron chi connectivity index (χ0n) is 19.7. The van der Waals surface area contributed by atoms with E-state index in [-0.39, 0.29) is 11.8 Å². The molecule has 7 nitrogen and oxygen atoms in total. The number of anilines is 3. The van der Waals surface area contributed by atoms with Crippen LogP contribution in [-0.4, -0.2) is 56.6 Å². The molecule has 0 unspecified atom stereocenters. The molecule has 1 saturated heterocycles. The Labute approximate surface area is 205 Å². The maximum absolute atomic E-state index is 13.0. The first-order valence-corrected chi connectivity index (χ1v) is 11.7. The molecule has 1 fully saturated rings. The van der Waals surface area contributed by atoms with Gasteiger partial charge in [-0.2, -0.15) is 0 Å². The fourth-order valence-corrected chi connectivity index (χ4v) is 4.36. The maximum Gasteiger partial charge on any atom is 0.258 e. The van der Waals surface area contributed by atoms with Crippen LogP contribution in [0.25, 0.3) is 11.3 Å². The predicted octanol–water partition coefficient (Wildman–Crippen LogP) is 3.91. The van der Waals surface area contributed by atoms with Gasteiger partial charge in [0.2, 0.25) is 5.91 Å². The summed E-state index contributed by atoms with van der Waals surface area (Å²) in [6, 6.07) is 25.2. The van der Waals surface area contributed by atoms with Gasteiger partial charge in [-0.15, -0.1) is 0 Å². The van der Waals surface area contributed by atoms with E-state index in [2.05, 4.69) is 15.5 Å². The predicted molar refractivity (Wildman–Crippen MR) is 139 cm³/mol. The zero-order valence-corrected chi connectivity index (χ0v) is 19.7. The van der Waals surface area contributed by atoms with Crippen LogP contribution in [0.1, 0.15) is 11.1 Å². The number of fused-ring (bicyclic) bond motifs is 1. The van der Waals surface area contributed by atoms with E-state index in [9.17, 15) is 9.59 Å². The second kappa shape index (κ2) is 10.1. The molecule has 2 heterocycles. The molecule has 0 spiro atoms. The van der Waals surface area contributed by atoms with E-state index < -0.39 is 0 Å². The molecule has 0 atom stereocenters. The van der Waals surface area contributed by atoms with Gasteiger partial charge in [-0.3, -0.25) is 14.5 Å². The van der Waals surface area contributed by atoms with Gasteiger partial charge in [-0.1, -0.05) is 48.5 Å². The number of carbonyl (C=O) groups is 2. The van der Waals surface area contributed by atoms with Crippen molar-refractivity contribution in [3.05, 3.63) is 90.0 Å². The van der Waals surface area contributed by atoms with E-state index in [0.29, 0.717) is 25.3 Å². The molecular weight excluding hydrogens is 440 g/mol. The van der Waals surface area contributed by atoms with Gasteiger partial charge in [0.1, 0.15) is 0 Å². The molecular formula is C28H28N4O3. The molecule has 2 N–H and O–H groups in total. The van der Waals surface area contributed by atoms with E-state index >= 15 is 0 Å². The van der Waals surface area contributed by atoms with Crippen LogP contribution < -0.4 is 15.5 Å². The minimum absolute atomic E-state index is 0.0407. The van der Waals surface area contributed by atoms with Gasteiger partial charge in [-0.05, 0) is 35.9 Å². The summed E-state index contributed by atoms with van der Waals surface area (Å²) in [4.78, 5) is 29.5. The van der Waals surface area contributed by atoms with Gasteiger partial charge >= 0.3 is 0 Å². The Balaban J connectivity index is 1.39. The summed E-state index contributed by atoms with van der Waals surface area (Å²) >= 11 is 0. The van der Waals surface area contributed by atoms with Crippen LogP contribution in [0, 0.1) is 0 Å². The van der Waals surface area contributed by atoms with Crippen molar-refractivity contribution in [2.24, 2.45) is 0 Å². The highest BCUT2D eigenvalue weighted by Crippen LogP contribution is 2.37. The van der Waals surface area contributed by atoms with Crippen LogP contribution in [0.15, 0.2) is 78.9 Å². The van der Waals surface area contributed by atoms with Crippen LogP contribution in [0.4, 0.5) is 17.1 Å². The van der Waals surface area contributed by atoms with E-state index in [1.807, 2.05) is 78.9 Å². The molecule has 3 aromatic rings. The van der Waals surface area contributed by atoms with Crippen molar-refractivity contribution in [2.75, 3.05) is 55.4 Å². The van der Waals surface area contributed by atoms with Gasteiger partial charge < -0.3 is 20.3 Å². The SMILES string of the molecule is CN(C(=O)CN1CCOCC1)c1ccc(NC(=C2C(=O)Nc3ccccc32)c2ccccc2)cc1. The molecule has 2 aliphatic rings. The number of hydrogen-bond donors (Lipinski definition) is 2. The number of ether oxygens (including phenoxy) is 1. The van der Waals surface area contributed by atoms with Crippen molar-refractivity contribution in [3.8, 4) is 0 Å². The third-order valence-electron chi connectivity index (χ3n) is 6.34. The summed E-state index contributed by atoms with van der Waals surface area (Å²) in [6.07, 6.45) is 0. The zero-order chi connectivity index (χ0) is 24.2. The van der Waals surface area contributed by atoms with Crippen LogP contribution in [-0.2, 0) is 14.3 Å². The lowest BCUT2D eigenvalue weighted by molar-refractivity contribution is -0.120. The minimum Gasteiger partial charge on any atom is -0.379 e. The molecule has 0 saturated carbocycles. The molecule has 2 aliphatic heterocycles. The number of benzene rings is 3. The topological polar surface area (TPSA) is 73.9 Å². The monoisotopic (exact) mass is 468 g/mol. The number of nitrogens with one attached hydrogen (secondary N) is 2. The van der Waals surface area contributed by atoms with E-state index in [1.165, 1.54) is 0 Å². The normalized spacial score (nSPS) is 16.9. The molecule has 3 aromatic carbocycles. The Hall–Kier alpha value is -3.94. The van der Waals surface area contributed by atoms with Crippen molar-refractivity contribution < 1.29 is 14.3 Å². The fraction of sp³-hybridized carbons (Fsp3) is 0.214. The largest absolute Gasteiger partial charge is 0.379 e. The Bertz CT molecular complexity index is 1250. The highest BCUT2D eigenvalue weighted by atomic mass is 16.5. The number of carbonyl (C=O) groups excluding carboxylic acids is 2. The van der Waals surface area contributed by atoms with Crippen molar-refractivity contribution >= 4 is 40.1 Å². The lowest BCUT2D eigenvalue weighted by Crippen LogP contribution is -2.43. The molecule has 35 heavy (non-hydrogen) atoms. The maximum atomic E-state index is 13.0. The number of morpholine rings is 1. The first-order chi connectivity index (χ1) is 17.1. The van der Waals surface area contributed by atoms with Crippen molar-refractivity contribution in [1.82, 2.24) is 4.90 Å². The average Bonchev–Trinajstić information content (AvgIpc) is 3.23. The summed E-state index contributed by atoms with van der Waals surface area (Å²) in [5, 5.41) is 6.42. The van der Waals surface area contributed by atoms with Gasteiger partial charge in [-0.25, -0.2) is 0 Å². The summed E-state index contributed by atoms with van der Waals surface area (Å²) < 4.78 is 5.36. The quantitative estimate of drug-likeness (QED) is 0.537. The molecule has 0 aromatic heterocycles. The smallest absolute Gasteiger partial charge is 0.258 e. The number of rotatable bonds is 6. The molecule has 0 bridgehead atoms. The number of nitrogens with zero attached hydrogens (tertiary/aromatic N) is 2. The van der Waals surface area contributed by atoms with Crippen LogP contribution in [0.5, 0.6) is 0 Å². The summed E-state index contributed by atoms with van der Waals surface area (Å²) in [5.74, 6) is -0.0958. The molecule has 178 valence electrons. The fourth-order valence-electron chi connectivity index (χ4n) is 4.36. The van der Waals surface area contributed by atoms with Crippen LogP contribution >= 0.6 is 0 Å². The van der Waals surface area contributed by atoms with Gasteiger partial charge in [0.25, 0.3) is 5.91 Å². The number of amides is 2. The highest BCUT2D eigenvalue weighted by molar-refractivity contribution is 6.37. The van der Waals surface area contributed by atoms with E-state index in [0.717, 1.165) is 47.0 Å². The number of hydrogen-bond acceptors (Lipinski definition) is 5. The summed E-state index contributed by atoms with van der Waals surface area (Å²) in [5.41, 5.74) is 5.56. The second-order valence-corrected chi connectivity index (χ2v) is 8.63. The first kappa shape index (κ1) is 22.8. The summed E-state index contributed by atoms with van der Waals surface area (Å²) in [7, 11) is 1.79. The Kier molecular flexibility index (Phi) is 6.61. The van der Waals surface area contributed by atoms with E-state index in [1.54, 1.807) is 11.9 Å². The average molecular weight is 469 g/mol. The Morgan fingerprint density at radius 1 is 0.971 bits per heavy atom. The van der Waals surface area contributed by atoms with E-state index in [4.69, 9.17) is 4.74 Å². The first-order valence-electron chi connectivity index (χ1n) is 11.7. The minimum atomic E-state index is -0.136. The molecule has 0 aliphatic carbocycles. The highest BCUT2D eigenvalue weighted by Gasteiger charge is 2.28. The number of para-hydroxylation sites is 1. The lowest BCUT2D eigenvalue weighted by Gasteiger charge is -2.28. The Morgan fingerprint density at radius 2 is 1.66 bits per heavy atom. The third kappa shape index (κ3) is 4.96. The molecule has 2 amide bonds. The van der Waals surface area contributed by atoms with Gasteiger partial charge in [0, 0.05) is 42.8 Å². The summed E-state index contributed by atoms with van der Waals surface area (Å²) in [6.45, 7) is 3.25. The second-order valence-electron chi connectivity index (χ2n) is 8.63. The van der Waals surface area contributed by atoms with Crippen molar-refractivity contribution in [1.29, 1.82) is 0 Å². The molecule has 0 radical (unpaired) electrons. The van der Waals surface area contributed by atoms with Gasteiger partial charge in [0.05, 0.1) is 31.0 Å². The number of likely N-dealkylation sites (N-methyl/N-ethyl adjacent to an activating group) is 1. The van der Waals surface area contributed by atoms with Gasteiger partial charge in [0.15, 0.2) is 0 Å². The standard InChI is InChI=1S/C28H28N4O3/c1-31(25(33)19-32-15-17-35-18-16-32)22-13-11-21(12-14-22)29-27(20-7-3-2-4-8-20)26-23-9-5-6-10-24(23)30-28(26)34/h2-14,29H,15-19H2,1H3,(H,30,34). The lowest BCUT2D eigenvalue weighted by atomic mass is 10.00. The molecule has 7 heteroatoms. The molecule has 5 rings (SSSR count). The van der Waals surface area contributed by atoms with Crippen LogP contribution in [0.2, 0.25) is 0 Å². The third-order valence-corrected chi connectivity index (χ3v) is 6.34. The van der Waals surface area contributed by atoms with Crippen molar-refractivity contribution in [2.45, 2.75) is 0 Å².